The molecule has 3 N–H and O–H groups in total. The summed E-state index contributed by atoms with van der Waals surface area (Å²) in [5.74, 6) is 3.32. The van der Waals surface area contributed by atoms with Crippen molar-refractivity contribution in [1.82, 2.24) is 15.3 Å². The molecule has 3 aromatic carbocycles. The predicted molar refractivity (Wildman–Crippen MR) is 140 cm³/mol. The third-order valence-electron chi connectivity index (χ3n) is 6.29. The van der Waals surface area contributed by atoms with Gasteiger partial charge in [-0.2, -0.15) is 0 Å². The van der Waals surface area contributed by atoms with Crippen LogP contribution in [0.25, 0.3) is 22.0 Å². The van der Waals surface area contributed by atoms with E-state index in [0.29, 0.717) is 48.6 Å². The molecule has 0 atom stereocenters. The Labute approximate surface area is 219 Å². The van der Waals surface area contributed by atoms with Gasteiger partial charge in [-0.25, -0.2) is 9.97 Å². The minimum Gasteiger partial charge on any atom is -0.496 e. The molecule has 2 heterocycles. The summed E-state index contributed by atoms with van der Waals surface area (Å²) < 4.78 is 28.8. The largest absolute Gasteiger partial charge is 0.496 e. The van der Waals surface area contributed by atoms with Gasteiger partial charge in [0.05, 0.1) is 49.9 Å². The Morgan fingerprint density at radius 3 is 2.37 bits per heavy atom. The summed E-state index contributed by atoms with van der Waals surface area (Å²) in [7, 11) is 3.11. The molecular weight excluding hydrogens is 490 g/mol. The molecular formula is C28H29N3O7. The van der Waals surface area contributed by atoms with E-state index in [-0.39, 0.29) is 13.2 Å². The van der Waals surface area contributed by atoms with Crippen LogP contribution in [0.2, 0.25) is 0 Å². The Hall–Kier alpha value is -4.12. The highest BCUT2D eigenvalue weighted by Gasteiger charge is 2.18. The molecule has 1 aliphatic rings. The van der Waals surface area contributed by atoms with Crippen LogP contribution >= 0.6 is 0 Å². The third kappa shape index (κ3) is 5.14. The zero-order valence-corrected chi connectivity index (χ0v) is 21.1. The fourth-order valence-corrected chi connectivity index (χ4v) is 4.33. The predicted octanol–water partition coefficient (Wildman–Crippen LogP) is 3.32. The molecule has 10 nitrogen and oxygen atoms in total. The van der Waals surface area contributed by atoms with Crippen LogP contribution in [0.5, 0.6) is 34.6 Å². The lowest BCUT2D eigenvalue weighted by atomic mass is 10.0. The minimum absolute atomic E-state index is 0.197. The number of hydrogen-bond donors (Lipinski definition) is 3. The maximum absolute atomic E-state index is 9.37. The number of aliphatic hydroxyl groups excluding tert-OH is 2. The van der Waals surface area contributed by atoms with Crippen LogP contribution < -0.4 is 29.0 Å². The summed E-state index contributed by atoms with van der Waals surface area (Å²) in [5, 5.41) is 22.5. The quantitative estimate of drug-likeness (QED) is 0.287. The number of fused-ring (bicyclic) bond motifs is 2. The van der Waals surface area contributed by atoms with Gasteiger partial charge in [0.1, 0.15) is 36.8 Å². The van der Waals surface area contributed by atoms with Crippen molar-refractivity contribution >= 4 is 10.9 Å². The van der Waals surface area contributed by atoms with Crippen molar-refractivity contribution < 1.29 is 33.9 Å². The molecule has 10 heteroatoms. The summed E-state index contributed by atoms with van der Waals surface area (Å²) in [5.41, 5.74) is 3.30. The first-order valence-electron chi connectivity index (χ1n) is 12.2. The van der Waals surface area contributed by atoms with Gasteiger partial charge in [0.2, 0.25) is 5.88 Å². The molecule has 0 bridgehead atoms. The summed E-state index contributed by atoms with van der Waals surface area (Å²) >= 11 is 0. The number of hydrogen-bond acceptors (Lipinski definition) is 10. The molecule has 0 unspecified atom stereocenters. The van der Waals surface area contributed by atoms with Gasteiger partial charge in [-0.1, -0.05) is 18.2 Å². The number of ether oxygens (including phenoxy) is 5. The summed E-state index contributed by atoms with van der Waals surface area (Å²) in [6.45, 7) is 0.966. The number of rotatable bonds is 10. The lowest BCUT2D eigenvalue weighted by Gasteiger charge is -2.19. The van der Waals surface area contributed by atoms with E-state index >= 15 is 0 Å². The molecule has 0 radical (unpaired) electrons. The molecule has 5 rings (SSSR count). The van der Waals surface area contributed by atoms with Crippen molar-refractivity contribution in [2.75, 3.05) is 40.6 Å². The van der Waals surface area contributed by atoms with Gasteiger partial charge in [0.25, 0.3) is 0 Å². The lowest BCUT2D eigenvalue weighted by Crippen LogP contribution is -2.35. The first-order valence-corrected chi connectivity index (χ1v) is 12.2. The van der Waals surface area contributed by atoms with Crippen molar-refractivity contribution in [2.24, 2.45) is 0 Å². The number of para-hydroxylation sites is 1. The Bertz CT molecular complexity index is 1400. The van der Waals surface area contributed by atoms with E-state index in [4.69, 9.17) is 23.7 Å². The second-order valence-corrected chi connectivity index (χ2v) is 8.59. The first-order chi connectivity index (χ1) is 18.6. The Morgan fingerprint density at radius 2 is 1.66 bits per heavy atom. The molecule has 38 heavy (non-hydrogen) atoms. The average Bonchev–Trinajstić information content (AvgIpc) is 2.97. The maximum Gasteiger partial charge on any atom is 0.230 e. The van der Waals surface area contributed by atoms with Crippen LogP contribution in [0.4, 0.5) is 0 Å². The van der Waals surface area contributed by atoms with E-state index in [1.165, 1.54) is 6.33 Å². The smallest absolute Gasteiger partial charge is 0.230 e. The highest BCUT2D eigenvalue weighted by molar-refractivity contribution is 5.96. The molecule has 198 valence electrons. The summed E-state index contributed by atoms with van der Waals surface area (Å²) in [6, 6.07) is 14.7. The second kappa shape index (κ2) is 11.5. The zero-order chi connectivity index (χ0) is 26.5. The number of aliphatic hydroxyl groups is 2. The Morgan fingerprint density at radius 1 is 0.921 bits per heavy atom. The summed E-state index contributed by atoms with van der Waals surface area (Å²) in [6.07, 6.45) is 1.47. The van der Waals surface area contributed by atoms with Crippen LogP contribution in [0.15, 0.2) is 54.9 Å². The van der Waals surface area contributed by atoms with Crippen molar-refractivity contribution in [2.45, 2.75) is 12.6 Å². The number of aromatic nitrogens is 2. The van der Waals surface area contributed by atoms with Gasteiger partial charge in [-0.3, -0.25) is 0 Å². The number of methoxy groups -OCH3 is 2. The Balaban J connectivity index is 1.48. The van der Waals surface area contributed by atoms with Crippen LogP contribution in [0.1, 0.15) is 5.56 Å². The average molecular weight is 520 g/mol. The SMILES string of the molecule is COc1cc(Oc2ncnc3c(-c4ccc5c(c4)OCCO5)cccc23)cc(OC)c1CNC(CO)CO. The minimum atomic E-state index is -0.462. The maximum atomic E-state index is 9.37. The fraction of sp³-hybridized carbons (Fsp3) is 0.286. The van der Waals surface area contributed by atoms with E-state index in [0.717, 1.165) is 33.3 Å². The van der Waals surface area contributed by atoms with E-state index in [9.17, 15) is 10.2 Å². The standard InChI is InChI=1S/C28H29N3O7/c1-34-24-11-19(12-25(35-2)22(24)13-29-18(14-32)15-33)38-28-21-5-3-4-20(27(21)30-16-31-28)17-6-7-23-26(10-17)37-9-8-36-23/h3-7,10-12,16,18,29,32-33H,8-9,13-15H2,1-2H3. The van der Waals surface area contributed by atoms with Crippen LogP contribution in [-0.2, 0) is 6.54 Å². The van der Waals surface area contributed by atoms with Crippen molar-refractivity contribution in [3.8, 4) is 45.8 Å². The monoisotopic (exact) mass is 519 g/mol. The van der Waals surface area contributed by atoms with Gasteiger partial charge in [-0.15, -0.1) is 0 Å². The van der Waals surface area contributed by atoms with E-state index in [1.807, 2.05) is 36.4 Å². The highest BCUT2D eigenvalue weighted by atomic mass is 16.6. The zero-order valence-electron chi connectivity index (χ0n) is 21.1. The van der Waals surface area contributed by atoms with E-state index < -0.39 is 6.04 Å². The molecule has 0 amide bonds. The van der Waals surface area contributed by atoms with Gasteiger partial charge < -0.3 is 39.2 Å². The third-order valence-corrected chi connectivity index (χ3v) is 6.29. The van der Waals surface area contributed by atoms with Crippen LogP contribution in [-0.4, -0.2) is 66.9 Å². The molecule has 4 aromatic rings. The molecule has 0 saturated carbocycles. The normalized spacial score (nSPS) is 12.6. The molecule has 1 aromatic heterocycles. The lowest BCUT2D eigenvalue weighted by molar-refractivity contribution is 0.169. The molecule has 0 fully saturated rings. The number of nitrogens with zero attached hydrogens (tertiary/aromatic N) is 2. The second-order valence-electron chi connectivity index (χ2n) is 8.59. The number of nitrogens with one attached hydrogen (secondary N) is 1. The molecule has 0 aliphatic carbocycles. The fourth-order valence-electron chi connectivity index (χ4n) is 4.33. The number of benzene rings is 3. The van der Waals surface area contributed by atoms with Crippen molar-refractivity contribution in [3.63, 3.8) is 0 Å². The Kier molecular flexibility index (Phi) is 7.73. The van der Waals surface area contributed by atoms with Crippen molar-refractivity contribution in [3.05, 3.63) is 60.4 Å². The van der Waals surface area contributed by atoms with Gasteiger partial charge in [0.15, 0.2) is 11.5 Å². The topological polar surface area (TPSA) is 124 Å². The van der Waals surface area contributed by atoms with Gasteiger partial charge in [0, 0.05) is 24.2 Å². The van der Waals surface area contributed by atoms with Crippen LogP contribution in [0, 0.1) is 0 Å². The van der Waals surface area contributed by atoms with E-state index in [1.54, 1.807) is 26.4 Å². The van der Waals surface area contributed by atoms with Crippen molar-refractivity contribution in [1.29, 1.82) is 0 Å². The van der Waals surface area contributed by atoms with E-state index in [2.05, 4.69) is 15.3 Å². The summed E-state index contributed by atoms with van der Waals surface area (Å²) in [4.78, 5) is 8.94. The molecule has 0 spiro atoms. The van der Waals surface area contributed by atoms with Gasteiger partial charge in [-0.05, 0) is 23.8 Å². The first kappa shape index (κ1) is 25.5. The van der Waals surface area contributed by atoms with Gasteiger partial charge >= 0.3 is 0 Å². The highest BCUT2D eigenvalue weighted by Crippen LogP contribution is 2.40. The molecule has 0 saturated heterocycles. The molecule has 1 aliphatic heterocycles. The van der Waals surface area contributed by atoms with Crippen LogP contribution in [0.3, 0.4) is 0 Å².